The van der Waals surface area contributed by atoms with Crippen LogP contribution in [0.4, 0.5) is 0 Å². The Bertz CT molecular complexity index is 1180. The Morgan fingerprint density at radius 2 is 2.09 bits per heavy atom. The Morgan fingerprint density at radius 3 is 2.72 bits per heavy atom. The first kappa shape index (κ1) is 22.3. The van der Waals surface area contributed by atoms with E-state index in [2.05, 4.69) is 31.8 Å². The van der Waals surface area contributed by atoms with Crippen molar-refractivity contribution in [3.05, 3.63) is 62.2 Å². The van der Waals surface area contributed by atoms with Crippen molar-refractivity contribution in [1.82, 2.24) is 9.55 Å². The highest BCUT2D eigenvalue weighted by atomic mass is 32.1. The SMILES string of the molecule is CCOc1ncc(C2=C(OC)CC3C(=C2)CC(C(C)(C)C)n2cc(C(=O)O)c(=O)cc23)s1. The molecule has 0 amide bonds. The lowest BCUT2D eigenvalue weighted by molar-refractivity contribution is 0.0693. The van der Waals surface area contributed by atoms with Gasteiger partial charge in [0.05, 0.1) is 18.6 Å². The maximum Gasteiger partial charge on any atom is 0.341 e. The normalized spacial score (nSPS) is 20.3. The average molecular weight is 457 g/mol. The molecule has 1 aliphatic heterocycles. The summed E-state index contributed by atoms with van der Waals surface area (Å²) in [4.78, 5) is 29.6. The molecular weight excluding hydrogens is 428 g/mol. The molecule has 32 heavy (non-hydrogen) atoms. The van der Waals surface area contributed by atoms with Gasteiger partial charge >= 0.3 is 5.97 Å². The number of methoxy groups -OCH3 is 1. The summed E-state index contributed by atoms with van der Waals surface area (Å²) in [6.45, 7) is 8.90. The molecule has 2 aromatic heterocycles. The number of hydrogen-bond donors (Lipinski definition) is 1. The third kappa shape index (κ3) is 3.88. The zero-order chi connectivity index (χ0) is 23.2. The van der Waals surface area contributed by atoms with E-state index in [1.807, 2.05) is 17.7 Å². The third-order valence-corrected chi connectivity index (χ3v) is 7.14. The summed E-state index contributed by atoms with van der Waals surface area (Å²) in [5.41, 5.74) is 2.26. The van der Waals surface area contributed by atoms with Crippen LogP contribution in [0, 0.1) is 5.41 Å². The van der Waals surface area contributed by atoms with Crippen molar-refractivity contribution < 1.29 is 19.4 Å². The molecule has 0 fully saturated rings. The number of allylic oxidation sites excluding steroid dienone is 4. The number of nitrogens with zero attached hydrogens (tertiary/aromatic N) is 2. The molecule has 7 nitrogen and oxygen atoms in total. The standard InChI is InChI=1S/C24H28N2O5S/c1-6-31-23-25-11-20(32-23)15-7-13-8-21(24(2,3)4)26-12-16(22(28)29)18(27)10-17(26)14(13)9-19(15)30-5/h7,10-12,14,21H,6,8-9H2,1-5H3,(H,28,29). The summed E-state index contributed by atoms with van der Waals surface area (Å²) in [5, 5.41) is 10.1. The summed E-state index contributed by atoms with van der Waals surface area (Å²) in [7, 11) is 1.65. The van der Waals surface area contributed by atoms with E-state index in [9.17, 15) is 14.7 Å². The number of hydrogen-bond acceptors (Lipinski definition) is 6. The monoisotopic (exact) mass is 456 g/mol. The molecule has 2 unspecified atom stereocenters. The van der Waals surface area contributed by atoms with Crippen LogP contribution in [0.2, 0.25) is 0 Å². The molecule has 1 N–H and O–H groups in total. The van der Waals surface area contributed by atoms with Crippen LogP contribution in [-0.4, -0.2) is 34.3 Å². The van der Waals surface area contributed by atoms with Crippen LogP contribution in [0.1, 0.15) is 73.4 Å². The van der Waals surface area contributed by atoms with Crippen LogP contribution in [-0.2, 0) is 4.74 Å². The predicted molar refractivity (Wildman–Crippen MR) is 123 cm³/mol. The van der Waals surface area contributed by atoms with E-state index >= 15 is 0 Å². The van der Waals surface area contributed by atoms with E-state index in [0.29, 0.717) is 18.2 Å². The minimum atomic E-state index is -1.20. The third-order valence-electron chi connectivity index (χ3n) is 6.19. The fourth-order valence-electron chi connectivity index (χ4n) is 4.58. The fourth-order valence-corrected chi connectivity index (χ4v) is 5.44. The number of ether oxygens (including phenoxy) is 2. The van der Waals surface area contributed by atoms with Crippen molar-refractivity contribution in [2.24, 2.45) is 5.41 Å². The van der Waals surface area contributed by atoms with Gasteiger partial charge in [-0.3, -0.25) is 4.79 Å². The minimum Gasteiger partial charge on any atom is -0.500 e. The predicted octanol–water partition coefficient (Wildman–Crippen LogP) is 4.86. The van der Waals surface area contributed by atoms with Gasteiger partial charge in [0, 0.05) is 48.1 Å². The minimum absolute atomic E-state index is 0.0180. The summed E-state index contributed by atoms with van der Waals surface area (Å²) in [5.74, 6) is -0.416. The Hall–Kier alpha value is -2.87. The Morgan fingerprint density at radius 1 is 1.34 bits per heavy atom. The highest BCUT2D eigenvalue weighted by Gasteiger charge is 2.39. The fraction of sp³-hybridized carbons (Fsp3) is 0.458. The molecule has 1 aliphatic carbocycles. The van der Waals surface area contributed by atoms with Gasteiger partial charge in [-0.05, 0) is 18.8 Å². The second-order valence-electron chi connectivity index (χ2n) is 9.21. The van der Waals surface area contributed by atoms with Crippen molar-refractivity contribution in [2.45, 2.75) is 52.5 Å². The first-order valence-electron chi connectivity index (χ1n) is 10.7. The summed E-state index contributed by atoms with van der Waals surface area (Å²) in [6, 6.07) is 1.52. The van der Waals surface area contributed by atoms with Gasteiger partial charge in [-0.25, -0.2) is 9.78 Å². The maximum atomic E-state index is 12.6. The number of aromatic carboxylic acids is 1. The molecule has 2 atom stereocenters. The van der Waals surface area contributed by atoms with E-state index in [1.54, 1.807) is 7.11 Å². The van der Waals surface area contributed by atoms with Crippen LogP contribution in [0.25, 0.3) is 5.57 Å². The summed E-state index contributed by atoms with van der Waals surface area (Å²) < 4.78 is 13.3. The number of aromatic nitrogens is 2. The summed E-state index contributed by atoms with van der Waals surface area (Å²) >= 11 is 1.49. The summed E-state index contributed by atoms with van der Waals surface area (Å²) in [6.07, 6.45) is 6.86. The number of carboxylic acid groups (broad SMARTS) is 1. The van der Waals surface area contributed by atoms with Crippen LogP contribution < -0.4 is 10.2 Å². The number of rotatable bonds is 5. The van der Waals surface area contributed by atoms with Gasteiger partial charge in [0.2, 0.25) is 0 Å². The Balaban J connectivity index is 1.85. The van der Waals surface area contributed by atoms with Crippen LogP contribution in [0.3, 0.4) is 0 Å². The van der Waals surface area contributed by atoms with Gasteiger partial charge in [-0.2, -0.15) is 0 Å². The molecule has 2 aliphatic rings. The molecule has 0 saturated carbocycles. The molecule has 0 spiro atoms. The molecule has 3 heterocycles. The van der Waals surface area contributed by atoms with Crippen molar-refractivity contribution in [3.63, 3.8) is 0 Å². The number of pyridine rings is 1. The van der Waals surface area contributed by atoms with Crippen molar-refractivity contribution >= 4 is 22.9 Å². The molecule has 0 aromatic carbocycles. The van der Waals surface area contributed by atoms with E-state index in [1.165, 1.54) is 29.2 Å². The van der Waals surface area contributed by atoms with Gasteiger partial charge in [0.25, 0.3) is 5.19 Å². The van der Waals surface area contributed by atoms with Crippen molar-refractivity contribution in [3.8, 4) is 5.19 Å². The molecule has 2 aromatic rings. The van der Waals surface area contributed by atoms with Gasteiger partial charge < -0.3 is 19.1 Å². The Labute approximate surface area is 191 Å². The van der Waals surface area contributed by atoms with Crippen molar-refractivity contribution in [2.75, 3.05) is 13.7 Å². The van der Waals surface area contributed by atoms with Gasteiger partial charge in [-0.1, -0.05) is 43.8 Å². The van der Waals surface area contributed by atoms with Crippen LogP contribution in [0.5, 0.6) is 5.19 Å². The molecule has 0 bridgehead atoms. The second-order valence-corrected chi connectivity index (χ2v) is 10.2. The topological polar surface area (TPSA) is 90.7 Å². The van der Waals surface area contributed by atoms with E-state index in [-0.39, 0.29) is 22.9 Å². The average Bonchev–Trinajstić information content (AvgIpc) is 3.19. The molecule has 170 valence electrons. The zero-order valence-electron chi connectivity index (χ0n) is 19.0. The molecule has 8 heteroatoms. The van der Waals surface area contributed by atoms with E-state index in [4.69, 9.17) is 9.47 Å². The first-order valence-corrected chi connectivity index (χ1v) is 11.5. The number of carboxylic acids is 1. The highest BCUT2D eigenvalue weighted by Crippen LogP contribution is 2.51. The number of fused-ring (bicyclic) bond motifs is 3. The smallest absolute Gasteiger partial charge is 0.341 e. The zero-order valence-corrected chi connectivity index (χ0v) is 19.8. The second kappa shape index (κ2) is 8.24. The lowest BCUT2D eigenvalue weighted by Crippen LogP contribution is -2.36. The van der Waals surface area contributed by atoms with E-state index in [0.717, 1.165) is 28.3 Å². The van der Waals surface area contributed by atoms with Crippen LogP contribution in [0.15, 0.2) is 40.7 Å². The largest absolute Gasteiger partial charge is 0.500 e. The van der Waals surface area contributed by atoms with Crippen LogP contribution >= 0.6 is 11.3 Å². The van der Waals surface area contributed by atoms with E-state index < -0.39 is 11.4 Å². The van der Waals surface area contributed by atoms with Gasteiger partial charge in [0.1, 0.15) is 11.3 Å². The highest BCUT2D eigenvalue weighted by molar-refractivity contribution is 7.14. The molecule has 4 rings (SSSR count). The maximum absolute atomic E-state index is 12.6. The quantitative estimate of drug-likeness (QED) is 0.691. The van der Waals surface area contributed by atoms with Gasteiger partial charge in [0.15, 0.2) is 5.43 Å². The lowest BCUT2D eigenvalue weighted by Gasteiger charge is -2.43. The van der Waals surface area contributed by atoms with Crippen molar-refractivity contribution in [1.29, 1.82) is 0 Å². The number of carbonyl (C=O) groups is 1. The lowest BCUT2D eigenvalue weighted by atomic mass is 9.72. The first-order chi connectivity index (χ1) is 15.1. The molecular formula is C24H28N2O5S. The van der Waals surface area contributed by atoms with Gasteiger partial charge in [-0.15, -0.1) is 0 Å². The molecule has 0 radical (unpaired) electrons. The molecule has 0 saturated heterocycles. The Kier molecular flexibility index (Phi) is 5.75. The number of thiazole rings is 1.